The molecule has 0 aliphatic heterocycles. The summed E-state index contributed by atoms with van der Waals surface area (Å²) in [6, 6.07) is 2.47. The fourth-order valence-electron chi connectivity index (χ4n) is 2.68. The highest BCUT2D eigenvalue weighted by atomic mass is 16.3. The van der Waals surface area contributed by atoms with Crippen molar-refractivity contribution in [3.63, 3.8) is 0 Å². The highest BCUT2D eigenvalue weighted by molar-refractivity contribution is 4.79. The van der Waals surface area contributed by atoms with Crippen LogP contribution in [0.4, 0.5) is 0 Å². The van der Waals surface area contributed by atoms with Crippen LogP contribution in [-0.4, -0.2) is 33.6 Å². The third kappa shape index (κ3) is 4.42. The topological polar surface area (TPSA) is 50.1 Å². The zero-order valence-corrected chi connectivity index (χ0v) is 11.3. The van der Waals surface area contributed by atoms with E-state index in [2.05, 4.69) is 17.3 Å². The molecular weight excluding hydrogens is 226 g/mol. The SMILES string of the molecule is CC1CCCC(NCC(O)Cn2cccn2)CC1. The molecule has 4 nitrogen and oxygen atoms in total. The minimum atomic E-state index is -0.356. The van der Waals surface area contributed by atoms with Crippen molar-refractivity contribution in [2.24, 2.45) is 5.92 Å². The summed E-state index contributed by atoms with van der Waals surface area (Å²) in [4.78, 5) is 0. The zero-order chi connectivity index (χ0) is 12.8. The first-order chi connectivity index (χ1) is 8.74. The average Bonchev–Trinajstić information content (AvgIpc) is 2.76. The van der Waals surface area contributed by atoms with Crippen molar-refractivity contribution in [2.75, 3.05) is 6.54 Å². The van der Waals surface area contributed by atoms with E-state index in [1.165, 1.54) is 32.1 Å². The molecule has 1 heterocycles. The Kier molecular flexibility index (Phi) is 5.20. The van der Waals surface area contributed by atoms with Gasteiger partial charge in [-0.2, -0.15) is 5.10 Å². The molecular formula is C14H25N3O. The maximum Gasteiger partial charge on any atom is 0.0860 e. The molecule has 3 atom stereocenters. The van der Waals surface area contributed by atoms with E-state index >= 15 is 0 Å². The number of rotatable bonds is 5. The van der Waals surface area contributed by atoms with Crippen LogP contribution in [-0.2, 0) is 6.54 Å². The average molecular weight is 251 g/mol. The summed E-state index contributed by atoms with van der Waals surface area (Å²) in [6.45, 7) is 3.58. The van der Waals surface area contributed by atoms with Gasteiger partial charge in [-0.15, -0.1) is 0 Å². The van der Waals surface area contributed by atoms with Crippen LogP contribution >= 0.6 is 0 Å². The molecule has 0 amide bonds. The lowest BCUT2D eigenvalue weighted by Gasteiger charge is -2.19. The zero-order valence-electron chi connectivity index (χ0n) is 11.3. The van der Waals surface area contributed by atoms with Crippen LogP contribution in [0.1, 0.15) is 39.0 Å². The third-order valence-corrected chi connectivity index (χ3v) is 3.86. The second kappa shape index (κ2) is 6.90. The van der Waals surface area contributed by atoms with Gasteiger partial charge in [0.25, 0.3) is 0 Å². The quantitative estimate of drug-likeness (QED) is 0.785. The summed E-state index contributed by atoms with van der Waals surface area (Å²) < 4.78 is 1.78. The molecule has 3 unspecified atom stereocenters. The van der Waals surface area contributed by atoms with E-state index in [0.717, 1.165) is 5.92 Å². The van der Waals surface area contributed by atoms with Crippen LogP contribution in [0.5, 0.6) is 0 Å². The highest BCUT2D eigenvalue weighted by Gasteiger charge is 2.16. The van der Waals surface area contributed by atoms with E-state index in [-0.39, 0.29) is 6.10 Å². The molecule has 0 saturated heterocycles. The molecule has 2 rings (SSSR count). The molecule has 1 aromatic heterocycles. The Balaban J connectivity index is 1.67. The van der Waals surface area contributed by atoms with Gasteiger partial charge in [0.1, 0.15) is 0 Å². The van der Waals surface area contributed by atoms with Crippen molar-refractivity contribution in [2.45, 2.75) is 57.7 Å². The summed E-state index contributed by atoms with van der Waals surface area (Å²) in [5.74, 6) is 0.866. The number of nitrogens with zero attached hydrogens (tertiary/aromatic N) is 2. The first-order valence-corrected chi connectivity index (χ1v) is 7.13. The van der Waals surface area contributed by atoms with Gasteiger partial charge in [-0.3, -0.25) is 4.68 Å². The number of hydrogen-bond acceptors (Lipinski definition) is 3. The minimum absolute atomic E-state index is 0.356. The molecule has 1 aromatic rings. The van der Waals surface area contributed by atoms with Gasteiger partial charge < -0.3 is 10.4 Å². The first kappa shape index (κ1) is 13.6. The predicted octanol–water partition coefficient (Wildman–Crippen LogP) is 1.80. The van der Waals surface area contributed by atoms with Crippen LogP contribution in [0, 0.1) is 5.92 Å². The minimum Gasteiger partial charge on any atom is -0.390 e. The molecule has 0 bridgehead atoms. The number of aliphatic hydroxyl groups is 1. The summed E-state index contributed by atoms with van der Waals surface area (Å²) in [6.07, 6.45) is 9.75. The molecule has 1 aliphatic carbocycles. The molecule has 1 fully saturated rings. The van der Waals surface area contributed by atoms with Gasteiger partial charge >= 0.3 is 0 Å². The van der Waals surface area contributed by atoms with E-state index in [4.69, 9.17) is 0 Å². The van der Waals surface area contributed by atoms with Crippen LogP contribution in [0.2, 0.25) is 0 Å². The van der Waals surface area contributed by atoms with Gasteiger partial charge in [-0.05, 0) is 31.2 Å². The van der Waals surface area contributed by atoms with Crippen molar-refractivity contribution < 1.29 is 5.11 Å². The Morgan fingerprint density at radius 2 is 2.28 bits per heavy atom. The van der Waals surface area contributed by atoms with Crippen molar-refractivity contribution in [3.8, 4) is 0 Å². The molecule has 1 saturated carbocycles. The fourth-order valence-corrected chi connectivity index (χ4v) is 2.68. The maximum atomic E-state index is 9.95. The second-order valence-electron chi connectivity index (χ2n) is 5.60. The third-order valence-electron chi connectivity index (χ3n) is 3.86. The Morgan fingerprint density at radius 3 is 3.06 bits per heavy atom. The van der Waals surface area contributed by atoms with Crippen LogP contribution < -0.4 is 5.32 Å². The molecule has 4 heteroatoms. The molecule has 0 spiro atoms. The van der Waals surface area contributed by atoms with Gasteiger partial charge in [-0.1, -0.05) is 19.8 Å². The molecule has 0 aromatic carbocycles. The van der Waals surface area contributed by atoms with Gasteiger partial charge in [-0.25, -0.2) is 0 Å². The molecule has 1 aliphatic rings. The highest BCUT2D eigenvalue weighted by Crippen LogP contribution is 2.22. The lowest BCUT2D eigenvalue weighted by Crippen LogP contribution is -2.37. The largest absolute Gasteiger partial charge is 0.390 e. The van der Waals surface area contributed by atoms with Gasteiger partial charge in [0.2, 0.25) is 0 Å². The van der Waals surface area contributed by atoms with Crippen molar-refractivity contribution in [3.05, 3.63) is 18.5 Å². The molecule has 18 heavy (non-hydrogen) atoms. The van der Waals surface area contributed by atoms with Crippen molar-refractivity contribution >= 4 is 0 Å². The molecule has 0 radical (unpaired) electrons. The summed E-state index contributed by atoms with van der Waals surface area (Å²) in [7, 11) is 0. The van der Waals surface area contributed by atoms with Crippen LogP contribution in [0.15, 0.2) is 18.5 Å². The van der Waals surface area contributed by atoms with E-state index in [1.807, 2.05) is 12.3 Å². The van der Waals surface area contributed by atoms with E-state index in [9.17, 15) is 5.11 Å². The first-order valence-electron chi connectivity index (χ1n) is 7.13. The Labute approximate surface area is 109 Å². The summed E-state index contributed by atoms with van der Waals surface area (Å²) in [5, 5.41) is 17.6. The number of hydrogen-bond donors (Lipinski definition) is 2. The lowest BCUT2D eigenvalue weighted by molar-refractivity contribution is 0.141. The summed E-state index contributed by atoms with van der Waals surface area (Å²) in [5.41, 5.74) is 0. The lowest BCUT2D eigenvalue weighted by atomic mass is 10.0. The Morgan fingerprint density at radius 1 is 1.39 bits per heavy atom. The van der Waals surface area contributed by atoms with Gasteiger partial charge in [0.15, 0.2) is 0 Å². The Bertz CT molecular complexity index is 326. The Hall–Kier alpha value is -0.870. The van der Waals surface area contributed by atoms with Crippen LogP contribution in [0.3, 0.4) is 0 Å². The molecule has 2 N–H and O–H groups in total. The predicted molar refractivity (Wildman–Crippen MR) is 72.3 cm³/mol. The van der Waals surface area contributed by atoms with Gasteiger partial charge in [0.05, 0.1) is 12.6 Å². The number of aromatic nitrogens is 2. The number of aliphatic hydroxyl groups excluding tert-OH is 1. The fraction of sp³-hybridized carbons (Fsp3) is 0.786. The second-order valence-corrected chi connectivity index (χ2v) is 5.60. The van der Waals surface area contributed by atoms with E-state index in [0.29, 0.717) is 19.1 Å². The normalized spacial score (nSPS) is 26.8. The molecule has 102 valence electrons. The van der Waals surface area contributed by atoms with Gasteiger partial charge in [0, 0.05) is 25.0 Å². The van der Waals surface area contributed by atoms with E-state index in [1.54, 1.807) is 10.9 Å². The standard InChI is InChI=1S/C14H25N3O/c1-12-4-2-5-13(7-6-12)15-10-14(18)11-17-9-3-8-16-17/h3,8-9,12-15,18H,2,4-7,10-11H2,1H3. The van der Waals surface area contributed by atoms with Crippen molar-refractivity contribution in [1.29, 1.82) is 0 Å². The van der Waals surface area contributed by atoms with Crippen molar-refractivity contribution in [1.82, 2.24) is 15.1 Å². The van der Waals surface area contributed by atoms with Crippen LogP contribution in [0.25, 0.3) is 0 Å². The number of nitrogens with one attached hydrogen (secondary N) is 1. The maximum absolute atomic E-state index is 9.95. The monoisotopic (exact) mass is 251 g/mol. The summed E-state index contributed by atoms with van der Waals surface area (Å²) >= 11 is 0. The smallest absolute Gasteiger partial charge is 0.0860 e. The van der Waals surface area contributed by atoms with E-state index < -0.39 is 0 Å².